The number of carbonyl (C=O) groups excluding carboxylic acids is 1. The number of hydrogen-bond donors (Lipinski definition) is 1. The molecular weight excluding hydrogens is 432 g/mol. The van der Waals surface area contributed by atoms with Gasteiger partial charge in [0.05, 0.1) is 30.5 Å². The fraction of sp³-hybridized carbons (Fsp3) is 0.346. The van der Waals surface area contributed by atoms with Crippen molar-refractivity contribution >= 4 is 23.3 Å². The first-order valence-corrected chi connectivity index (χ1v) is 11.9. The molecule has 3 aromatic rings. The van der Waals surface area contributed by atoms with Gasteiger partial charge in [-0.3, -0.25) is 4.98 Å². The molecule has 1 aromatic carbocycles. The summed E-state index contributed by atoms with van der Waals surface area (Å²) >= 11 is 5.89. The molecule has 5 rings (SSSR count). The lowest BCUT2D eigenvalue weighted by Gasteiger charge is -2.37. The summed E-state index contributed by atoms with van der Waals surface area (Å²) in [4.78, 5) is 19.0. The number of benzene rings is 1. The molecule has 2 unspecified atom stereocenters. The van der Waals surface area contributed by atoms with Crippen LogP contribution in [0.25, 0.3) is 5.69 Å². The monoisotopic (exact) mass is 460 g/mol. The summed E-state index contributed by atoms with van der Waals surface area (Å²) in [5.74, 6) is -0.335. The van der Waals surface area contributed by atoms with E-state index < -0.39 is 0 Å². The fourth-order valence-electron chi connectivity index (χ4n) is 5.18. The lowest BCUT2D eigenvalue weighted by Crippen LogP contribution is -2.40. The number of ether oxygens (including phenoxy) is 1. The van der Waals surface area contributed by atoms with Gasteiger partial charge in [-0.25, -0.2) is 4.79 Å². The number of carbonyl (C=O) groups is 1. The molecular formula is C26H28N4O2S. The molecule has 2 fully saturated rings. The molecule has 2 atom stereocenters. The van der Waals surface area contributed by atoms with Crippen molar-refractivity contribution in [1.82, 2.24) is 19.8 Å². The number of methoxy groups -OCH3 is 1. The van der Waals surface area contributed by atoms with E-state index in [0.29, 0.717) is 11.6 Å². The summed E-state index contributed by atoms with van der Waals surface area (Å²) in [7, 11) is 1.40. The zero-order valence-electron chi connectivity index (χ0n) is 18.7. The zero-order chi connectivity index (χ0) is 22.8. The highest BCUT2D eigenvalue weighted by atomic mass is 32.1. The van der Waals surface area contributed by atoms with Gasteiger partial charge in [-0.05, 0) is 73.6 Å². The van der Waals surface area contributed by atoms with E-state index in [1.807, 2.05) is 30.5 Å². The molecule has 1 aliphatic carbocycles. The van der Waals surface area contributed by atoms with E-state index in [2.05, 4.69) is 44.2 Å². The Morgan fingerprint density at radius 2 is 1.85 bits per heavy atom. The molecule has 7 heteroatoms. The molecule has 0 bridgehead atoms. The van der Waals surface area contributed by atoms with Crippen LogP contribution in [0.5, 0.6) is 0 Å². The number of esters is 1. The SMILES string of the molecule is COC(=O)c1ccc(-n2cccc2C2C(c3ccccn3)NC(=S)N2C2CCCCC2)cc1. The Bertz CT molecular complexity index is 1120. The number of pyridine rings is 1. The molecule has 1 saturated heterocycles. The van der Waals surface area contributed by atoms with Crippen molar-refractivity contribution in [3.63, 3.8) is 0 Å². The van der Waals surface area contributed by atoms with E-state index >= 15 is 0 Å². The first-order chi connectivity index (χ1) is 16.2. The van der Waals surface area contributed by atoms with Crippen molar-refractivity contribution < 1.29 is 9.53 Å². The third-order valence-corrected chi connectivity index (χ3v) is 7.08. The highest BCUT2D eigenvalue weighted by molar-refractivity contribution is 7.80. The Morgan fingerprint density at radius 1 is 1.06 bits per heavy atom. The van der Waals surface area contributed by atoms with Gasteiger partial charge >= 0.3 is 5.97 Å². The first kappa shape index (κ1) is 21.6. The maximum Gasteiger partial charge on any atom is 0.337 e. The molecule has 33 heavy (non-hydrogen) atoms. The number of rotatable bonds is 5. The summed E-state index contributed by atoms with van der Waals surface area (Å²) in [6.45, 7) is 0. The summed E-state index contributed by atoms with van der Waals surface area (Å²) in [6.07, 6.45) is 9.98. The minimum absolute atomic E-state index is 0.0192. The van der Waals surface area contributed by atoms with Gasteiger partial charge in [0.2, 0.25) is 0 Å². The van der Waals surface area contributed by atoms with E-state index in [-0.39, 0.29) is 18.1 Å². The Kier molecular flexibility index (Phi) is 6.13. The number of nitrogens with one attached hydrogen (secondary N) is 1. The molecule has 1 saturated carbocycles. The maximum atomic E-state index is 11.9. The second-order valence-electron chi connectivity index (χ2n) is 8.67. The van der Waals surface area contributed by atoms with Gasteiger partial charge in [0.25, 0.3) is 0 Å². The molecule has 0 radical (unpaired) electrons. The van der Waals surface area contributed by atoms with E-state index in [1.165, 1.54) is 26.4 Å². The molecule has 170 valence electrons. The van der Waals surface area contributed by atoms with Crippen LogP contribution in [-0.2, 0) is 4.74 Å². The highest BCUT2D eigenvalue weighted by Gasteiger charge is 2.44. The molecule has 1 aliphatic heterocycles. The van der Waals surface area contributed by atoms with Crippen molar-refractivity contribution in [1.29, 1.82) is 0 Å². The molecule has 2 aliphatic rings. The summed E-state index contributed by atoms with van der Waals surface area (Å²) in [5.41, 5.74) is 3.66. The van der Waals surface area contributed by atoms with Crippen molar-refractivity contribution in [3.05, 3.63) is 83.9 Å². The van der Waals surface area contributed by atoms with E-state index in [0.717, 1.165) is 35.0 Å². The van der Waals surface area contributed by atoms with Gasteiger partial charge in [0, 0.05) is 29.8 Å². The number of nitrogens with zero attached hydrogens (tertiary/aromatic N) is 3. The Balaban J connectivity index is 1.56. The maximum absolute atomic E-state index is 11.9. The molecule has 6 nitrogen and oxygen atoms in total. The van der Waals surface area contributed by atoms with E-state index in [4.69, 9.17) is 17.0 Å². The highest BCUT2D eigenvalue weighted by Crippen LogP contribution is 2.43. The van der Waals surface area contributed by atoms with Gasteiger partial charge in [-0.1, -0.05) is 25.3 Å². The van der Waals surface area contributed by atoms with Crippen LogP contribution in [0.2, 0.25) is 0 Å². The summed E-state index contributed by atoms with van der Waals surface area (Å²) < 4.78 is 7.03. The number of hydrogen-bond acceptors (Lipinski definition) is 4. The van der Waals surface area contributed by atoms with Crippen molar-refractivity contribution in [3.8, 4) is 5.69 Å². The van der Waals surface area contributed by atoms with E-state index in [9.17, 15) is 4.79 Å². The quantitative estimate of drug-likeness (QED) is 0.429. The van der Waals surface area contributed by atoms with E-state index in [1.54, 1.807) is 12.1 Å². The van der Waals surface area contributed by atoms with Gasteiger partial charge in [0.1, 0.15) is 0 Å². The van der Waals surface area contributed by atoms with Crippen LogP contribution < -0.4 is 5.32 Å². The Labute approximate surface area is 199 Å². The topological polar surface area (TPSA) is 59.4 Å². The lowest BCUT2D eigenvalue weighted by molar-refractivity contribution is 0.0600. The van der Waals surface area contributed by atoms with Gasteiger partial charge in [-0.15, -0.1) is 0 Å². The van der Waals surface area contributed by atoms with Crippen LogP contribution in [0.4, 0.5) is 0 Å². The van der Waals surface area contributed by atoms with Crippen LogP contribution in [-0.4, -0.2) is 38.7 Å². The molecule has 0 amide bonds. The second kappa shape index (κ2) is 9.35. The second-order valence-corrected chi connectivity index (χ2v) is 9.05. The average Bonchev–Trinajstić information content (AvgIpc) is 3.49. The van der Waals surface area contributed by atoms with Gasteiger partial charge in [-0.2, -0.15) is 0 Å². The number of thiocarbonyl (C=S) groups is 1. The first-order valence-electron chi connectivity index (χ1n) is 11.5. The molecule has 0 spiro atoms. The van der Waals surface area contributed by atoms with Crippen molar-refractivity contribution in [2.75, 3.05) is 7.11 Å². The zero-order valence-corrected chi connectivity index (χ0v) is 19.5. The molecule has 3 heterocycles. The predicted molar refractivity (Wildman–Crippen MR) is 131 cm³/mol. The van der Waals surface area contributed by atoms with Crippen LogP contribution in [0.1, 0.15) is 65.9 Å². The van der Waals surface area contributed by atoms with Crippen molar-refractivity contribution in [2.45, 2.75) is 50.2 Å². The predicted octanol–water partition coefficient (Wildman–Crippen LogP) is 4.96. The van der Waals surface area contributed by atoms with Crippen LogP contribution >= 0.6 is 12.2 Å². The summed E-state index contributed by atoms with van der Waals surface area (Å²) in [5, 5.41) is 4.39. The standard InChI is InChI=1S/C26H28N4O2S/c1-32-25(31)18-12-14-19(15-13-18)29-17-7-11-22(29)24-23(21-10-5-6-16-27-21)28-26(33)30(24)20-8-3-2-4-9-20/h5-7,10-17,20,23-24H,2-4,8-9H2,1H3,(H,28,33). The Hall–Kier alpha value is -3.19. The van der Waals surface area contributed by atoms with Crippen molar-refractivity contribution in [2.24, 2.45) is 0 Å². The fourth-order valence-corrected chi connectivity index (χ4v) is 5.57. The van der Waals surface area contributed by atoms with Gasteiger partial charge in [0.15, 0.2) is 5.11 Å². The minimum atomic E-state index is -0.335. The largest absolute Gasteiger partial charge is 0.465 e. The minimum Gasteiger partial charge on any atom is -0.465 e. The average molecular weight is 461 g/mol. The molecule has 1 N–H and O–H groups in total. The van der Waals surface area contributed by atoms with Gasteiger partial charge < -0.3 is 19.5 Å². The third kappa shape index (κ3) is 4.13. The molecule has 2 aromatic heterocycles. The van der Waals surface area contributed by atoms with Crippen LogP contribution in [0.15, 0.2) is 67.0 Å². The third-order valence-electron chi connectivity index (χ3n) is 6.75. The Morgan fingerprint density at radius 3 is 2.55 bits per heavy atom. The number of aromatic nitrogens is 2. The van der Waals surface area contributed by atoms with Crippen LogP contribution in [0.3, 0.4) is 0 Å². The van der Waals surface area contributed by atoms with Crippen LogP contribution in [0, 0.1) is 0 Å². The smallest absolute Gasteiger partial charge is 0.337 e. The summed E-state index contributed by atoms with van der Waals surface area (Å²) in [6, 6.07) is 18.2. The lowest BCUT2D eigenvalue weighted by atomic mass is 9.92. The normalized spacial score (nSPS) is 21.1.